The predicted molar refractivity (Wildman–Crippen MR) is 70.7 cm³/mol. The molecule has 2 heterocycles. The number of nitrogens with two attached hydrogens (primary N) is 2. The van der Waals surface area contributed by atoms with E-state index < -0.39 is 0 Å². The summed E-state index contributed by atoms with van der Waals surface area (Å²) in [4.78, 5) is 2.46. The molecule has 2 rings (SSSR count). The first-order chi connectivity index (χ1) is 8.65. The predicted octanol–water partition coefficient (Wildman–Crippen LogP) is 0.705. The van der Waals surface area contributed by atoms with E-state index in [0.717, 1.165) is 39.1 Å². The van der Waals surface area contributed by atoms with Crippen molar-refractivity contribution in [3.8, 4) is 0 Å². The first-order valence-corrected chi connectivity index (χ1v) is 6.60. The lowest BCUT2D eigenvalue weighted by Crippen LogP contribution is -2.52. The van der Waals surface area contributed by atoms with Crippen molar-refractivity contribution in [1.29, 1.82) is 0 Å². The normalized spacial score (nSPS) is 24.9. The van der Waals surface area contributed by atoms with Crippen molar-refractivity contribution in [1.82, 2.24) is 4.90 Å². The van der Waals surface area contributed by atoms with E-state index in [1.54, 1.807) is 6.08 Å². The molecule has 0 bridgehead atoms. The number of likely N-dealkylation sites (tertiary alicyclic amines) is 1. The molecular weight excluding hydrogens is 254 g/mol. The summed E-state index contributed by atoms with van der Waals surface area (Å²) in [5.41, 5.74) is 11.0. The van der Waals surface area contributed by atoms with Gasteiger partial charge in [0.25, 0.3) is 0 Å². The molecule has 0 aromatic carbocycles. The fourth-order valence-corrected chi connectivity index (χ4v) is 2.25. The van der Waals surface area contributed by atoms with Gasteiger partial charge in [0.2, 0.25) is 0 Å². The first kappa shape index (κ1) is 13.5. The minimum atomic E-state index is 0.184. The molecule has 5 nitrogen and oxygen atoms in total. The Balaban J connectivity index is 1.72. The lowest BCUT2D eigenvalue weighted by atomic mass is 10.0. The van der Waals surface area contributed by atoms with Gasteiger partial charge in [-0.3, -0.25) is 4.90 Å². The van der Waals surface area contributed by atoms with Gasteiger partial charge in [-0.2, -0.15) is 0 Å². The maximum absolute atomic E-state index is 5.73. The van der Waals surface area contributed by atoms with E-state index in [0.29, 0.717) is 11.9 Å². The fraction of sp³-hybridized carbons (Fsp3) is 0.667. The second kappa shape index (κ2) is 6.31. The van der Waals surface area contributed by atoms with Gasteiger partial charge in [0.05, 0.1) is 24.4 Å². The number of allylic oxidation sites excluding steroid dienone is 2. The van der Waals surface area contributed by atoms with Crippen LogP contribution in [0.2, 0.25) is 0 Å². The smallest absolute Gasteiger partial charge is 0.184 e. The number of piperidine rings is 1. The second-order valence-electron chi connectivity index (χ2n) is 4.67. The Hall–Kier alpha value is -0.910. The highest BCUT2D eigenvalue weighted by Crippen LogP contribution is 2.20. The highest BCUT2D eigenvalue weighted by molar-refractivity contribution is 6.29. The molecule has 2 fully saturated rings. The number of rotatable bonds is 4. The molecular formula is C12H20ClN3O2. The molecule has 2 aliphatic heterocycles. The number of hydrogen-bond acceptors (Lipinski definition) is 5. The van der Waals surface area contributed by atoms with E-state index >= 15 is 0 Å². The van der Waals surface area contributed by atoms with Crippen molar-refractivity contribution < 1.29 is 9.47 Å². The molecule has 2 aliphatic rings. The third-order valence-corrected chi connectivity index (χ3v) is 3.45. The third-order valence-electron chi connectivity index (χ3n) is 3.32. The van der Waals surface area contributed by atoms with Crippen molar-refractivity contribution >= 4 is 11.6 Å². The van der Waals surface area contributed by atoms with E-state index in [1.165, 1.54) is 6.08 Å². The highest BCUT2D eigenvalue weighted by atomic mass is 35.5. The second-order valence-corrected chi connectivity index (χ2v) is 5.10. The van der Waals surface area contributed by atoms with Gasteiger partial charge in [0, 0.05) is 19.2 Å². The van der Waals surface area contributed by atoms with Crippen LogP contribution in [0, 0.1) is 0 Å². The zero-order valence-electron chi connectivity index (χ0n) is 10.3. The topological polar surface area (TPSA) is 73.7 Å². The summed E-state index contributed by atoms with van der Waals surface area (Å²) in [6.45, 7) is 3.82. The lowest BCUT2D eigenvalue weighted by molar-refractivity contribution is -0.0818. The van der Waals surface area contributed by atoms with E-state index in [2.05, 4.69) is 4.90 Å². The number of ether oxygens (including phenoxy) is 2. The van der Waals surface area contributed by atoms with Crippen LogP contribution in [0.5, 0.6) is 0 Å². The molecule has 18 heavy (non-hydrogen) atoms. The van der Waals surface area contributed by atoms with Gasteiger partial charge in [-0.15, -0.1) is 0 Å². The van der Waals surface area contributed by atoms with E-state index in [-0.39, 0.29) is 11.3 Å². The highest BCUT2D eigenvalue weighted by Gasteiger charge is 2.30. The van der Waals surface area contributed by atoms with E-state index in [9.17, 15) is 0 Å². The molecule has 0 radical (unpaired) electrons. The molecule has 0 aliphatic carbocycles. The monoisotopic (exact) mass is 273 g/mol. The van der Waals surface area contributed by atoms with Gasteiger partial charge in [-0.1, -0.05) is 11.6 Å². The van der Waals surface area contributed by atoms with Gasteiger partial charge in [-0.25, -0.2) is 0 Å². The fourth-order valence-electron chi connectivity index (χ4n) is 2.19. The molecule has 4 N–H and O–H groups in total. The Morgan fingerprint density at radius 2 is 1.89 bits per heavy atom. The van der Waals surface area contributed by atoms with Crippen molar-refractivity contribution in [2.75, 3.05) is 26.3 Å². The van der Waals surface area contributed by atoms with Gasteiger partial charge >= 0.3 is 0 Å². The van der Waals surface area contributed by atoms with Crippen LogP contribution in [0.25, 0.3) is 0 Å². The maximum Gasteiger partial charge on any atom is 0.184 e. The minimum Gasteiger partial charge on any atom is -0.476 e. The van der Waals surface area contributed by atoms with Crippen molar-refractivity contribution in [3.63, 3.8) is 0 Å². The summed E-state index contributed by atoms with van der Waals surface area (Å²) in [5, 5.41) is 0.196. The lowest BCUT2D eigenvalue weighted by Gasteiger charge is -2.41. The van der Waals surface area contributed by atoms with Crippen LogP contribution >= 0.6 is 11.6 Å². The molecule has 0 saturated carbocycles. The standard InChI is InChI=1S/C12H20ClN3O2/c13-11(14)1-2-12(15)18-10-3-5-16(6-4-10)9-7-17-8-9/h1-2,9-10H,3-8,14-15H2/b11-1-,12-2+. The SMILES string of the molecule is N/C(Cl)=C\C=C(/N)OC1CCN(C2COC2)CC1. The summed E-state index contributed by atoms with van der Waals surface area (Å²) >= 11 is 5.51. The molecule has 0 unspecified atom stereocenters. The molecule has 102 valence electrons. The molecule has 2 saturated heterocycles. The first-order valence-electron chi connectivity index (χ1n) is 6.22. The van der Waals surface area contributed by atoms with Crippen LogP contribution in [-0.4, -0.2) is 43.3 Å². The Bertz CT molecular complexity index is 330. The van der Waals surface area contributed by atoms with E-state index in [4.69, 9.17) is 32.5 Å². The Labute approximate surface area is 112 Å². The van der Waals surface area contributed by atoms with Crippen LogP contribution in [0.3, 0.4) is 0 Å². The zero-order chi connectivity index (χ0) is 13.0. The van der Waals surface area contributed by atoms with Crippen LogP contribution in [0.4, 0.5) is 0 Å². The summed E-state index contributed by atoms with van der Waals surface area (Å²) in [7, 11) is 0. The largest absolute Gasteiger partial charge is 0.476 e. The Morgan fingerprint density at radius 1 is 1.22 bits per heavy atom. The summed E-state index contributed by atoms with van der Waals surface area (Å²) in [6, 6.07) is 0.609. The number of halogens is 1. The quantitative estimate of drug-likeness (QED) is 0.448. The van der Waals surface area contributed by atoms with Gasteiger partial charge in [-0.05, 0) is 18.9 Å². The average Bonchev–Trinajstić information content (AvgIpc) is 2.27. The maximum atomic E-state index is 5.73. The minimum absolute atomic E-state index is 0.184. The molecule has 0 spiro atoms. The zero-order valence-corrected chi connectivity index (χ0v) is 11.1. The van der Waals surface area contributed by atoms with Crippen LogP contribution < -0.4 is 11.5 Å². The molecule has 0 amide bonds. The summed E-state index contributed by atoms with van der Waals surface area (Å²) in [5.74, 6) is 0.365. The van der Waals surface area contributed by atoms with E-state index in [1.807, 2.05) is 0 Å². The third kappa shape index (κ3) is 3.80. The summed E-state index contributed by atoms with van der Waals surface area (Å²) < 4.78 is 10.8. The van der Waals surface area contributed by atoms with Gasteiger partial charge in [0.1, 0.15) is 6.10 Å². The summed E-state index contributed by atoms with van der Waals surface area (Å²) in [6.07, 6.45) is 5.28. The van der Waals surface area contributed by atoms with Crippen LogP contribution in [0.15, 0.2) is 23.2 Å². The number of nitrogens with zero attached hydrogens (tertiary/aromatic N) is 1. The van der Waals surface area contributed by atoms with Crippen molar-refractivity contribution in [2.24, 2.45) is 11.5 Å². The Kier molecular flexibility index (Phi) is 4.74. The van der Waals surface area contributed by atoms with Gasteiger partial charge in [0.15, 0.2) is 5.88 Å². The molecule has 0 aromatic rings. The Morgan fingerprint density at radius 3 is 2.39 bits per heavy atom. The van der Waals surface area contributed by atoms with Crippen molar-refractivity contribution in [2.45, 2.75) is 25.0 Å². The van der Waals surface area contributed by atoms with Gasteiger partial charge < -0.3 is 20.9 Å². The molecule has 0 aromatic heterocycles. The molecule has 6 heteroatoms. The average molecular weight is 274 g/mol. The number of hydrogen-bond donors (Lipinski definition) is 2. The van der Waals surface area contributed by atoms with Crippen molar-refractivity contribution in [3.05, 3.63) is 23.2 Å². The molecule has 0 atom stereocenters. The van der Waals surface area contributed by atoms with Crippen LogP contribution in [-0.2, 0) is 9.47 Å². The van der Waals surface area contributed by atoms with Crippen LogP contribution in [0.1, 0.15) is 12.8 Å².